The molecular weight excluding hydrogens is 419 g/mol. The molecule has 1 aromatic carbocycles. The van der Waals surface area contributed by atoms with Crippen LogP contribution in [0.2, 0.25) is 0 Å². The van der Waals surface area contributed by atoms with Gasteiger partial charge in [0.05, 0.1) is 11.7 Å². The van der Waals surface area contributed by atoms with Gasteiger partial charge in [0.15, 0.2) is 0 Å². The Morgan fingerprint density at radius 2 is 2.07 bits per heavy atom. The fourth-order valence-corrected chi connectivity index (χ4v) is 3.30. The molecule has 0 fully saturated rings. The monoisotopic (exact) mass is 442 g/mol. The summed E-state index contributed by atoms with van der Waals surface area (Å²) in [5.74, 6) is -2.80. The Bertz CT molecular complexity index is 906. The summed E-state index contributed by atoms with van der Waals surface area (Å²) in [5.41, 5.74) is 0.590. The maximum absolute atomic E-state index is 12.2. The first-order valence-corrected chi connectivity index (χ1v) is 10.9. The SMILES string of the molecule is CCC(=O)OCOC(=O)c1cccc2c1OB(O)[C@@H](NC(=O)CCCS(N)(=O)=O)C2. The largest absolute Gasteiger partial charge is 0.547 e. The summed E-state index contributed by atoms with van der Waals surface area (Å²) in [6, 6.07) is 4.68. The lowest BCUT2D eigenvalue weighted by Crippen LogP contribution is -2.53. The number of para-hydroxylation sites is 1. The lowest BCUT2D eigenvalue weighted by Gasteiger charge is -2.29. The van der Waals surface area contributed by atoms with Crippen molar-refractivity contribution in [2.45, 2.75) is 38.5 Å². The van der Waals surface area contributed by atoms with Crippen LogP contribution < -0.4 is 15.1 Å². The number of benzene rings is 1. The Hall–Kier alpha value is -2.64. The first-order chi connectivity index (χ1) is 14.1. The number of ether oxygens (including phenoxy) is 2. The molecule has 13 heteroatoms. The van der Waals surface area contributed by atoms with Crippen LogP contribution in [-0.2, 0) is 35.5 Å². The number of nitrogens with one attached hydrogen (secondary N) is 1. The van der Waals surface area contributed by atoms with E-state index in [2.05, 4.69) is 5.32 Å². The molecule has 0 saturated heterocycles. The van der Waals surface area contributed by atoms with Gasteiger partial charge in [-0.2, -0.15) is 0 Å². The number of sulfonamides is 1. The maximum atomic E-state index is 12.2. The fourth-order valence-electron chi connectivity index (χ4n) is 2.75. The summed E-state index contributed by atoms with van der Waals surface area (Å²) in [4.78, 5) is 35.3. The van der Waals surface area contributed by atoms with Gasteiger partial charge in [0.25, 0.3) is 0 Å². The van der Waals surface area contributed by atoms with Gasteiger partial charge in [-0.25, -0.2) is 18.4 Å². The van der Waals surface area contributed by atoms with Crippen LogP contribution in [0.5, 0.6) is 5.75 Å². The number of primary sulfonamides is 1. The standard InChI is InChI=1S/C17H23BN2O9S/c1-2-15(22)27-10-28-17(23)12-6-3-5-11-9-13(18(24)29-16(11)12)20-14(21)7-4-8-30(19,25)26/h3,5-6,13,24H,2,4,7-10H2,1H3,(H,20,21)(H2,19,25,26)/t13-/m0/s1. The minimum atomic E-state index is -3.66. The molecule has 0 radical (unpaired) electrons. The van der Waals surface area contributed by atoms with Crippen molar-refractivity contribution in [1.29, 1.82) is 0 Å². The van der Waals surface area contributed by atoms with E-state index in [9.17, 15) is 27.8 Å². The highest BCUT2D eigenvalue weighted by atomic mass is 32.2. The molecule has 4 N–H and O–H groups in total. The van der Waals surface area contributed by atoms with Crippen molar-refractivity contribution in [1.82, 2.24) is 5.32 Å². The third-order valence-electron chi connectivity index (χ3n) is 4.22. The van der Waals surface area contributed by atoms with E-state index in [1.807, 2.05) is 0 Å². The third-order valence-corrected chi connectivity index (χ3v) is 5.07. The number of hydrogen-bond donors (Lipinski definition) is 3. The van der Waals surface area contributed by atoms with Gasteiger partial charge in [0.1, 0.15) is 11.3 Å². The summed E-state index contributed by atoms with van der Waals surface area (Å²) < 4.78 is 36.8. The molecule has 1 aliphatic rings. The number of carbonyl (C=O) groups is 3. The van der Waals surface area contributed by atoms with Crippen molar-refractivity contribution in [2.75, 3.05) is 12.5 Å². The van der Waals surface area contributed by atoms with Crippen molar-refractivity contribution in [3.63, 3.8) is 0 Å². The van der Waals surface area contributed by atoms with E-state index in [4.69, 9.17) is 19.3 Å². The molecule has 164 valence electrons. The molecule has 1 amide bonds. The summed E-state index contributed by atoms with van der Waals surface area (Å²) >= 11 is 0. The van der Waals surface area contributed by atoms with E-state index in [0.717, 1.165) is 0 Å². The highest BCUT2D eigenvalue weighted by Gasteiger charge is 2.37. The number of rotatable bonds is 9. The molecule has 0 saturated carbocycles. The molecular formula is C17H23BN2O9S. The van der Waals surface area contributed by atoms with E-state index in [1.165, 1.54) is 6.07 Å². The second-order valence-electron chi connectivity index (χ2n) is 6.57. The maximum Gasteiger partial charge on any atom is 0.547 e. The van der Waals surface area contributed by atoms with Gasteiger partial charge in [-0.05, 0) is 24.5 Å². The topological polar surface area (TPSA) is 171 Å². The second-order valence-corrected chi connectivity index (χ2v) is 8.30. The van der Waals surface area contributed by atoms with Crippen LogP contribution in [0.1, 0.15) is 42.1 Å². The summed E-state index contributed by atoms with van der Waals surface area (Å²) in [7, 11) is -5.09. The number of nitrogens with two attached hydrogens (primary N) is 1. The number of esters is 2. The minimum absolute atomic E-state index is 0.0389. The predicted octanol–water partition coefficient (Wildman–Crippen LogP) is -0.738. The van der Waals surface area contributed by atoms with Crippen molar-refractivity contribution in [2.24, 2.45) is 5.14 Å². The van der Waals surface area contributed by atoms with Crippen molar-refractivity contribution >= 4 is 35.0 Å². The van der Waals surface area contributed by atoms with Crippen LogP contribution in [0, 0.1) is 0 Å². The van der Waals surface area contributed by atoms with Crippen molar-refractivity contribution in [3.05, 3.63) is 29.3 Å². The van der Waals surface area contributed by atoms with Crippen LogP contribution in [0.3, 0.4) is 0 Å². The van der Waals surface area contributed by atoms with Crippen molar-refractivity contribution in [3.8, 4) is 5.75 Å². The molecule has 1 heterocycles. The zero-order valence-electron chi connectivity index (χ0n) is 16.3. The summed E-state index contributed by atoms with van der Waals surface area (Å²) in [5, 5.41) is 17.7. The van der Waals surface area contributed by atoms with Crippen LogP contribution in [0.4, 0.5) is 0 Å². The van der Waals surface area contributed by atoms with E-state index in [1.54, 1.807) is 19.1 Å². The average Bonchev–Trinajstić information content (AvgIpc) is 2.66. The number of amides is 1. The minimum Gasteiger partial charge on any atom is -0.534 e. The van der Waals surface area contributed by atoms with Gasteiger partial charge in [0.2, 0.25) is 22.7 Å². The Labute approximate surface area is 174 Å². The first-order valence-electron chi connectivity index (χ1n) is 9.20. The first kappa shape index (κ1) is 23.6. The smallest absolute Gasteiger partial charge is 0.534 e. The summed E-state index contributed by atoms with van der Waals surface area (Å²) in [6.07, 6.45) is 0.269. The summed E-state index contributed by atoms with van der Waals surface area (Å²) in [6.45, 7) is 1.05. The number of carbonyl (C=O) groups excluding carboxylic acids is 3. The van der Waals surface area contributed by atoms with Crippen LogP contribution in [0.25, 0.3) is 0 Å². The Kier molecular flexibility index (Phi) is 8.20. The highest BCUT2D eigenvalue weighted by molar-refractivity contribution is 7.89. The quantitative estimate of drug-likeness (QED) is 0.253. The number of fused-ring (bicyclic) bond motifs is 1. The molecule has 0 aromatic heterocycles. The van der Waals surface area contributed by atoms with Crippen LogP contribution >= 0.6 is 0 Å². The molecule has 1 aliphatic heterocycles. The highest BCUT2D eigenvalue weighted by Crippen LogP contribution is 2.30. The third kappa shape index (κ3) is 7.00. The van der Waals surface area contributed by atoms with Gasteiger partial charge < -0.3 is 24.5 Å². The fraction of sp³-hybridized carbons (Fsp3) is 0.471. The normalized spacial score (nSPS) is 15.6. The Morgan fingerprint density at radius 1 is 1.33 bits per heavy atom. The molecule has 0 aliphatic carbocycles. The number of hydrogen-bond acceptors (Lipinski definition) is 9. The molecule has 11 nitrogen and oxygen atoms in total. The van der Waals surface area contributed by atoms with E-state index in [0.29, 0.717) is 5.56 Å². The molecule has 1 aromatic rings. The van der Waals surface area contributed by atoms with Gasteiger partial charge in [-0.3, -0.25) is 9.59 Å². The van der Waals surface area contributed by atoms with Gasteiger partial charge in [-0.15, -0.1) is 0 Å². The van der Waals surface area contributed by atoms with Crippen LogP contribution in [-0.4, -0.2) is 56.9 Å². The van der Waals surface area contributed by atoms with E-state index < -0.39 is 47.7 Å². The average molecular weight is 442 g/mol. The zero-order chi connectivity index (χ0) is 22.3. The second kappa shape index (κ2) is 10.4. The lowest BCUT2D eigenvalue weighted by atomic mass is 9.72. The molecule has 1 atom stereocenters. The van der Waals surface area contributed by atoms with Crippen molar-refractivity contribution < 1.29 is 42.0 Å². The molecule has 0 bridgehead atoms. The van der Waals surface area contributed by atoms with E-state index >= 15 is 0 Å². The zero-order valence-corrected chi connectivity index (χ0v) is 17.1. The molecule has 0 spiro atoms. The lowest BCUT2D eigenvalue weighted by molar-refractivity contribution is -0.151. The van der Waals surface area contributed by atoms with Gasteiger partial charge in [-0.1, -0.05) is 19.1 Å². The molecule has 0 unspecified atom stereocenters. The van der Waals surface area contributed by atoms with E-state index in [-0.39, 0.29) is 42.7 Å². The Balaban J connectivity index is 1.98. The Morgan fingerprint density at radius 3 is 2.73 bits per heavy atom. The van der Waals surface area contributed by atoms with Crippen LogP contribution in [0.15, 0.2) is 18.2 Å². The van der Waals surface area contributed by atoms with Gasteiger partial charge >= 0.3 is 19.1 Å². The predicted molar refractivity (Wildman–Crippen MR) is 105 cm³/mol. The van der Waals surface area contributed by atoms with Gasteiger partial charge in [0, 0.05) is 12.8 Å². The molecule has 2 rings (SSSR count). The molecule has 30 heavy (non-hydrogen) atoms.